The Hall–Kier alpha value is -3.23. The van der Waals surface area contributed by atoms with Crippen LogP contribution in [0.3, 0.4) is 0 Å². The molecule has 2 atom stereocenters. The molecule has 1 aromatic carbocycles. The molecule has 9 heteroatoms. The monoisotopic (exact) mass is 376 g/mol. The van der Waals surface area contributed by atoms with E-state index in [1.165, 1.54) is 0 Å². The van der Waals surface area contributed by atoms with Crippen LogP contribution in [0.25, 0.3) is 0 Å². The molecule has 0 fully saturated rings. The van der Waals surface area contributed by atoms with E-state index in [1.807, 2.05) is 0 Å². The Labute approximate surface area is 155 Å². The minimum atomic E-state index is -0.943. The lowest BCUT2D eigenvalue weighted by Crippen LogP contribution is -2.50. The third-order valence-electron chi connectivity index (χ3n) is 4.00. The molecule has 1 aromatic rings. The highest BCUT2D eigenvalue weighted by molar-refractivity contribution is 5.94. The minimum absolute atomic E-state index is 0.00391. The Morgan fingerprint density at radius 1 is 1.22 bits per heavy atom. The lowest BCUT2D eigenvalue weighted by Gasteiger charge is -2.27. The fraction of sp³-hybridized carbons (Fsp3) is 0.389. The van der Waals surface area contributed by atoms with E-state index in [1.54, 1.807) is 38.1 Å². The molecule has 2 aliphatic rings. The first-order valence-electron chi connectivity index (χ1n) is 8.52. The van der Waals surface area contributed by atoms with Crippen LogP contribution in [-0.4, -0.2) is 49.9 Å². The molecule has 9 nitrogen and oxygen atoms in total. The van der Waals surface area contributed by atoms with E-state index in [-0.39, 0.29) is 31.1 Å². The molecule has 2 aliphatic heterocycles. The van der Waals surface area contributed by atoms with Gasteiger partial charge in [-0.05, 0) is 26.0 Å². The standard InChI is InChI=1S/C18H20N2O7/c1-3-24-17(22)15-10(2)19-18(23)20-11(15)8-26-16(21)14-9-25-12-6-4-5-7-13(12)27-14/h4-7,10,14H,3,8-9H2,1-2H3,(H2,19,20,23)/t10-,14+/m1/s1. The molecule has 2 N–H and O–H groups in total. The Bertz CT molecular complexity index is 790. The largest absolute Gasteiger partial charge is 0.485 e. The first-order valence-corrected chi connectivity index (χ1v) is 8.52. The van der Waals surface area contributed by atoms with Crippen molar-refractivity contribution in [2.24, 2.45) is 0 Å². The number of fused-ring (bicyclic) bond motifs is 1. The van der Waals surface area contributed by atoms with Gasteiger partial charge in [-0.1, -0.05) is 12.1 Å². The number of amides is 2. The summed E-state index contributed by atoms with van der Waals surface area (Å²) in [5, 5.41) is 5.06. The quantitative estimate of drug-likeness (QED) is 0.734. The average molecular weight is 376 g/mol. The van der Waals surface area contributed by atoms with Gasteiger partial charge in [0, 0.05) is 0 Å². The SMILES string of the molecule is CCOC(=O)C1=C(COC(=O)[C@@H]2COc3ccccc3O2)NC(=O)N[C@@H]1C. The van der Waals surface area contributed by atoms with Crippen LogP contribution in [0.2, 0.25) is 0 Å². The normalized spacial score (nSPS) is 21.0. The number of urea groups is 1. The maximum absolute atomic E-state index is 12.3. The minimum Gasteiger partial charge on any atom is -0.485 e. The van der Waals surface area contributed by atoms with E-state index < -0.39 is 30.1 Å². The van der Waals surface area contributed by atoms with Gasteiger partial charge in [0.1, 0.15) is 13.2 Å². The molecule has 144 valence electrons. The third kappa shape index (κ3) is 4.13. The highest BCUT2D eigenvalue weighted by atomic mass is 16.6. The number of carbonyl (C=O) groups is 3. The maximum Gasteiger partial charge on any atom is 0.351 e. The molecule has 2 heterocycles. The summed E-state index contributed by atoms with van der Waals surface area (Å²) in [6.45, 7) is 3.21. The molecule has 0 aliphatic carbocycles. The number of esters is 2. The van der Waals surface area contributed by atoms with Crippen molar-refractivity contribution in [2.45, 2.75) is 26.0 Å². The third-order valence-corrected chi connectivity index (χ3v) is 4.00. The number of carbonyl (C=O) groups excluding carboxylic acids is 3. The summed E-state index contributed by atoms with van der Waals surface area (Å²) in [5.41, 5.74) is 0.380. The molecular weight excluding hydrogens is 356 g/mol. The van der Waals surface area contributed by atoms with E-state index in [9.17, 15) is 14.4 Å². The summed E-state index contributed by atoms with van der Waals surface area (Å²) < 4.78 is 21.3. The van der Waals surface area contributed by atoms with Crippen molar-refractivity contribution in [2.75, 3.05) is 19.8 Å². The smallest absolute Gasteiger partial charge is 0.351 e. The van der Waals surface area contributed by atoms with Crippen LogP contribution in [0.1, 0.15) is 13.8 Å². The molecule has 27 heavy (non-hydrogen) atoms. The topological polar surface area (TPSA) is 112 Å². The van der Waals surface area contributed by atoms with Crippen molar-refractivity contribution in [1.29, 1.82) is 0 Å². The van der Waals surface area contributed by atoms with Crippen molar-refractivity contribution in [3.05, 3.63) is 35.5 Å². The van der Waals surface area contributed by atoms with Gasteiger partial charge in [0.15, 0.2) is 11.5 Å². The van der Waals surface area contributed by atoms with Crippen LogP contribution in [0.5, 0.6) is 11.5 Å². The zero-order valence-corrected chi connectivity index (χ0v) is 14.9. The molecule has 0 saturated carbocycles. The number of para-hydroxylation sites is 2. The van der Waals surface area contributed by atoms with E-state index in [2.05, 4.69) is 10.6 Å². The molecule has 0 unspecified atom stereocenters. The van der Waals surface area contributed by atoms with Gasteiger partial charge in [-0.25, -0.2) is 14.4 Å². The summed E-state index contributed by atoms with van der Waals surface area (Å²) in [6.07, 6.45) is -0.943. The van der Waals surface area contributed by atoms with Gasteiger partial charge in [-0.3, -0.25) is 0 Å². The summed E-state index contributed by atoms with van der Waals surface area (Å²) >= 11 is 0. The van der Waals surface area contributed by atoms with Crippen molar-refractivity contribution in [3.8, 4) is 11.5 Å². The molecule has 0 radical (unpaired) electrons. The summed E-state index contributed by atoms with van der Waals surface area (Å²) in [7, 11) is 0. The van der Waals surface area contributed by atoms with Crippen LogP contribution in [0.15, 0.2) is 35.5 Å². The Morgan fingerprint density at radius 3 is 2.70 bits per heavy atom. The highest BCUT2D eigenvalue weighted by Gasteiger charge is 2.32. The summed E-state index contributed by atoms with van der Waals surface area (Å²) in [4.78, 5) is 36.2. The number of hydrogen-bond donors (Lipinski definition) is 2. The van der Waals surface area contributed by atoms with Gasteiger partial charge < -0.3 is 29.6 Å². The first kappa shape index (κ1) is 18.6. The Morgan fingerprint density at radius 2 is 1.96 bits per heavy atom. The number of rotatable bonds is 5. The Kier molecular flexibility index (Phi) is 5.49. The average Bonchev–Trinajstić information content (AvgIpc) is 2.65. The van der Waals surface area contributed by atoms with Crippen LogP contribution >= 0.6 is 0 Å². The molecule has 0 aromatic heterocycles. The van der Waals surface area contributed by atoms with Crippen molar-refractivity contribution >= 4 is 18.0 Å². The molecule has 0 saturated heterocycles. The predicted molar refractivity (Wildman–Crippen MR) is 92.1 cm³/mol. The van der Waals surface area contributed by atoms with E-state index >= 15 is 0 Å². The second-order valence-electron chi connectivity index (χ2n) is 5.90. The summed E-state index contributed by atoms with van der Waals surface area (Å²) in [5.74, 6) is -0.260. The predicted octanol–water partition coefficient (Wildman–Crippen LogP) is 0.888. The van der Waals surface area contributed by atoms with Gasteiger partial charge >= 0.3 is 18.0 Å². The zero-order valence-electron chi connectivity index (χ0n) is 14.9. The lowest BCUT2D eigenvalue weighted by molar-refractivity contribution is -0.153. The number of hydrogen-bond acceptors (Lipinski definition) is 7. The summed E-state index contributed by atoms with van der Waals surface area (Å²) in [6, 6.07) is 5.91. The molecule has 0 spiro atoms. The van der Waals surface area contributed by atoms with Crippen LogP contribution in [0, 0.1) is 0 Å². The van der Waals surface area contributed by atoms with Crippen LogP contribution in [-0.2, 0) is 19.1 Å². The fourth-order valence-corrected chi connectivity index (χ4v) is 2.77. The number of ether oxygens (including phenoxy) is 4. The highest BCUT2D eigenvalue weighted by Crippen LogP contribution is 2.31. The van der Waals surface area contributed by atoms with Gasteiger partial charge in [0.05, 0.1) is 23.9 Å². The van der Waals surface area contributed by atoms with E-state index in [0.717, 1.165) is 0 Å². The van der Waals surface area contributed by atoms with Crippen molar-refractivity contribution in [3.63, 3.8) is 0 Å². The second-order valence-corrected chi connectivity index (χ2v) is 5.90. The molecule has 0 bridgehead atoms. The van der Waals surface area contributed by atoms with Crippen LogP contribution < -0.4 is 20.1 Å². The van der Waals surface area contributed by atoms with Crippen LogP contribution in [0.4, 0.5) is 4.79 Å². The fourth-order valence-electron chi connectivity index (χ4n) is 2.77. The number of benzene rings is 1. The van der Waals surface area contributed by atoms with E-state index in [4.69, 9.17) is 18.9 Å². The zero-order chi connectivity index (χ0) is 19.4. The van der Waals surface area contributed by atoms with Gasteiger partial charge in [0.2, 0.25) is 6.10 Å². The second kappa shape index (κ2) is 7.98. The van der Waals surface area contributed by atoms with Gasteiger partial charge in [-0.15, -0.1) is 0 Å². The van der Waals surface area contributed by atoms with Crippen molar-refractivity contribution in [1.82, 2.24) is 10.6 Å². The molecular formula is C18H20N2O7. The first-order chi connectivity index (χ1) is 13.0. The lowest BCUT2D eigenvalue weighted by atomic mass is 10.0. The molecule has 2 amide bonds. The van der Waals surface area contributed by atoms with Gasteiger partial charge in [0.25, 0.3) is 0 Å². The molecule has 3 rings (SSSR count). The van der Waals surface area contributed by atoms with Gasteiger partial charge in [-0.2, -0.15) is 0 Å². The van der Waals surface area contributed by atoms with Crippen molar-refractivity contribution < 1.29 is 33.3 Å². The Balaban J connectivity index is 1.68. The van der Waals surface area contributed by atoms with E-state index in [0.29, 0.717) is 11.5 Å². The number of nitrogens with one attached hydrogen (secondary N) is 2. The maximum atomic E-state index is 12.3.